The molecule has 0 aliphatic rings. The molecule has 0 atom stereocenters. The lowest BCUT2D eigenvalue weighted by Gasteiger charge is -2.45. The van der Waals surface area contributed by atoms with Crippen LogP contribution < -0.4 is 0 Å². The molecule has 1 aromatic rings. The van der Waals surface area contributed by atoms with Crippen LogP contribution in [0.5, 0.6) is 0 Å². The van der Waals surface area contributed by atoms with E-state index in [1.807, 2.05) is 0 Å². The first-order chi connectivity index (χ1) is 17.1. The molecule has 0 heterocycles. The lowest BCUT2D eigenvalue weighted by atomic mass is 9.84. The van der Waals surface area contributed by atoms with Gasteiger partial charge in [-0.2, -0.15) is 101 Å². The van der Waals surface area contributed by atoms with Crippen LogP contribution in [0.3, 0.4) is 0 Å². The van der Waals surface area contributed by atoms with Gasteiger partial charge in [0.05, 0.1) is 0 Å². The molecular formula is C17H5F23. The molecule has 23 heteroatoms. The molecule has 0 radical (unpaired) electrons. The molecule has 0 saturated carbocycles. The van der Waals surface area contributed by atoms with E-state index in [4.69, 9.17) is 0 Å². The molecule has 0 spiro atoms. The summed E-state index contributed by atoms with van der Waals surface area (Å²) in [5.41, 5.74) is -2.46. The molecule has 0 amide bonds. The van der Waals surface area contributed by atoms with Crippen molar-refractivity contribution in [1.82, 2.24) is 0 Å². The van der Waals surface area contributed by atoms with Gasteiger partial charge in [-0.1, -0.05) is 30.3 Å². The highest BCUT2D eigenvalue weighted by Crippen LogP contribution is 2.67. The molecule has 0 aliphatic carbocycles. The maximum Gasteiger partial charge on any atom is 0.460 e. The first-order valence-electron chi connectivity index (χ1n) is 9.01. The van der Waals surface area contributed by atoms with Crippen molar-refractivity contribution in [1.29, 1.82) is 0 Å². The molecule has 1 rings (SSSR count). The molecular weight excluding hydrogens is 641 g/mol. The minimum absolute atomic E-state index is 0.285. The van der Waals surface area contributed by atoms with Gasteiger partial charge in [0.25, 0.3) is 0 Å². The highest BCUT2D eigenvalue weighted by Gasteiger charge is 2.98. The van der Waals surface area contributed by atoms with Gasteiger partial charge in [-0.05, 0) is 0 Å². The fraction of sp³-hybridized carbons (Fsp3) is 0.647. The van der Waals surface area contributed by atoms with Crippen LogP contribution >= 0.6 is 0 Å². The van der Waals surface area contributed by atoms with E-state index in [-0.39, 0.29) is 24.3 Å². The molecule has 234 valence electrons. The Labute approximate surface area is 203 Å². The summed E-state index contributed by atoms with van der Waals surface area (Å²) in [6, 6.07) is 0.675. The summed E-state index contributed by atoms with van der Waals surface area (Å²) in [4.78, 5) is 0. The Morgan fingerprint density at radius 1 is 0.275 bits per heavy atom. The summed E-state index contributed by atoms with van der Waals surface area (Å²) in [7, 11) is 0. The van der Waals surface area contributed by atoms with Crippen LogP contribution in [0.2, 0.25) is 0 Å². The number of rotatable bonds is 10. The first-order valence-corrected chi connectivity index (χ1v) is 9.01. The van der Waals surface area contributed by atoms with Crippen LogP contribution in [0, 0.1) is 0 Å². The van der Waals surface area contributed by atoms with Crippen molar-refractivity contribution < 1.29 is 101 Å². The second-order valence-electron chi connectivity index (χ2n) is 7.61. The predicted octanol–water partition coefficient (Wildman–Crippen LogP) is 9.06. The van der Waals surface area contributed by atoms with E-state index >= 15 is 0 Å². The van der Waals surface area contributed by atoms with Crippen molar-refractivity contribution in [2.75, 3.05) is 0 Å². The Kier molecular flexibility index (Phi) is 8.07. The number of hydrogen-bond donors (Lipinski definition) is 0. The summed E-state index contributed by atoms with van der Waals surface area (Å²) in [6.07, 6.45) is -8.09. The lowest BCUT2D eigenvalue weighted by molar-refractivity contribution is -0.479. The van der Waals surface area contributed by atoms with Crippen LogP contribution in [-0.4, -0.2) is 59.5 Å². The van der Waals surface area contributed by atoms with Gasteiger partial charge in [0.15, 0.2) is 0 Å². The Morgan fingerprint density at radius 2 is 0.500 bits per heavy atom. The predicted molar refractivity (Wildman–Crippen MR) is 80.9 cm³/mol. The highest BCUT2D eigenvalue weighted by molar-refractivity contribution is 5.26. The van der Waals surface area contributed by atoms with Crippen LogP contribution in [0.4, 0.5) is 101 Å². The van der Waals surface area contributed by atoms with Crippen molar-refractivity contribution in [3.8, 4) is 0 Å². The van der Waals surface area contributed by atoms with Crippen molar-refractivity contribution in [3.63, 3.8) is 0 Å². The van der Waals surface area contributed by atoms with Gasteiger partial charge in [0.2, 0.25) is 0 Å². The number of benzene rings is 1. The maximum absolute atomic E-state index is 13.9. The molecule has 0 fully saturated rings. The zero-order valence-electron chi connectivity index (χ0n) is 17.6. The average Bonchev–Trinajstić information content (AvgIpc) is 2.77. The summed E-state index contributed by atoms with van der Waals surface area (Å²) >= 11 is 0. The average molecular weight is 646 g/mol. The third kappa shape index (κ3) is 4.13. The van der Waals surface area contributed by atoms with Crippen LogP contribution in [0.1, 0.15) is 5.56 Å². The molecule has 0 aliphatic heterocycles. The summed E-state index contributed by atoms with van der Waals surface area (Å²) in [5.74, 6) is -87.5. The molecule has 0 bridgehead atoms. The van der Waals surface area contributed by atoms with E-state index in [1.165, 1.54) is 0 Å². The van der Waals surface area contributed by atoms with E-state index in [1.54, 1.807) is 0 Å². The number of halogens is 23. The van der Waals surface area contributed by atoms with E-state index < -0.39 is 71.0 Å². The van der Waals surface area contributed by atoms with E-state index in [9.17, 15) is 101 Å². The molecule has 0 nitrogen and oxygen atoms in total. The molecule has 0 N–H and O–H groups in total. The fourth-order valence-corrected chi connectivity index (χ4v) is 2.58. The number of hydrogen-bond acceptors (Lipinski definition) is 0. The van der Waals surface area contributed by atoms with E-state index in [0.717, 1.165) is 0 Å². The van der Waals surface area contributed by atoms with Crippen molar-refractivity contribution in [2.24, 2.45) is 0 Å². The van der Waals surface area contributed by atoms with Gasteiger partial charge in [-0.3, -0.25) is 0 Å². The standard InChI is InChI=1S/C17H5F23/c18-7(19,6-4-2-1-3-5-6)8(20,21)9(22,23)10(24,25)11(26,27)12(28,29)13(30,31)14(32,33)15(34,35)16(36,37)17(38,39)40/h1-5H. The summed E-state index contributed by atoms with van der Waals surface area (Å²) in [6.45, 7) is 0. The largest absolute Gasteiger partial charge is 0.460 e. The zero-order chi connectivity index (χ0) is 32.6. The third-order valence-electron chi connectivity index (χ3n) is 5.04. The molecule has 0 aromatic heterocycles. The zero-order valence-corrected chi connectivity index (χ0v) is 17.6. The monoisotopic (exact) mass is 646 g/mol. The molecule has 1 aromatic carbocycles. The van der Waals surface area contributed by atoms with E-state index in [2.05, 4.69) is 0 Å². The van der Waals surface area contributed by atoms with Crippen LogP contribution in [0.15, 0.2) is 30.3 Å². The fourth-order valence-electron chi connectivity index (χ4n) is 2.58. The quantitative estimate of drug-likeness (QED) is 0.223. The smallest absolute Gasteiger partial charge is 0.194 e. The Balaban J connectivity index is 3.86. The molecule has 40 heavy (non-hydrogen) atoms. The van der Waals surface area contributed by atoms with Crippen LogP contribution in [0.25, 0.3) is 0 Å². The third-order valence-corrected chi connectivity index (χ3v) is 5.04. The Hall–Kier alpha value is -2.39. The molecule has 0 saturated heterocycles. The number of alkyl halides is 23. The van der Waals surface area contributed by atoms with Crippen molar-refractivity contribution in [3.05, 3.63) is 35.9 Å². The van der Waals surface area contributed by atoms with Gasteiger partial charge in [0.1, 0.15) is 0 Å². The summed E-state index contributed by atoms with van der Waals surface area (Å²) < 4.78 is 307. The second-order valence-corrected chi connectivity index (χ2v) is 7.61. The minimum Gasteiger partial charge on any atom is -0.194 e. The van der Waals surface area contributed by atoms with Gasteiger partial charge in [0, 0.05) is 5.56 Å². The minimum atomic E-state index is -9.39. The topological polar surface area (TPSA) is 0 Å². The summed E-state index contributed by atoms with van der Waals surface area (Å²) in [5, 5.41) is 0. The first kappa shape index (κ1) is 35.6. The van der Waals surface area contributed by atoms with Crippen LogP contribution in [-0.2, 0) is 5.92 Å². The Morgan fingerprint density at radius 3 is 0.750 bits per heavy atom. The normalized spacial score (nSPS) is 16.4. The highest BCUT2D eigenvalue weighted by atomic mass is 19.4. The van der Waals surface area contributed by atoms with Crippen molar-refractivity contribution in [2.45, 2.75) is 65.4 Å². The second kappa shape index (κ2) is 9.05. The lowest BCUT2D eigenvalue weighted by Crippen LogP contribution is -2.77. The Bertz CT molecular complexity index is 1050. The SMILES string of the molecule is FC(F)(F)C(F)(F)C(F)(F)C(F)(F)C(F)(F)C(F)(F)C(F)(F)C(F)(F)C(F)(F)C(F)(F)C(F)(F)c1ccccc1. The van der Waals surface area contributed by atoms with Gasteiger partial charge < -0.3 is 0 Å². The van der Waals surface area contributed by atoms with Gasteiger partial charge in [-0.25, -0.2) is 0 Å². The van der Waals surface area contributed by atoms with Gasteiger partial charge >= 0.3 is 65.4 Å². The molecule has 0 unspecified atom stereocenters. The van der Waals surface area contributed by atoms with Gasteiger partial charge in [-0.15, -0.1) is 0 Å². The van der Waals surface area contributed by atoms with Crippen molar-refractivity contribution >= 4 is 0 Å². The maximum atomic E-state index is 13.9. The van der Waals surface area contributed by atoms with E-state index in [0.29, 0.717) is 6.07 Å².